The third-order valence-electron chi connectivity index (χ3n) is 2.13. The Kier molecular flexibility index (Phi) is 3.54. The van der Waals surface area contributed by atoms with Crippen LogP contribution >= 0.6 is 0 Å². The summed E-state index contributed by atoms with van der Waals surface area (Å²) in [5.41, 5.74) is 7.80. The Hall–Kier alpha value is -1.48. The van der Waals surface area contributed by atoms with Gasteiger partial charge in [0.25, 0.3) is 0 Å². The first-order chi connectivity index (χ1) is 6.63. The number of aliphatic hydroxyl groups excluding tert-OH is 1. The molecule has 14 heavy (non-hydrogen) atoms. The summed E-state index contributed by atoms with van der Waals surface area (Å²) in [7, 11) is 1.87. The summed E-state index contributed by atoms with van der Waals surface area (Å²) < 4.78 is 0. The fraction of sp³-hybridized carbons (Fsp3) is 0.273. The van der Waals surface area contributed by atoms with Gasteiger partial charge in [-0.1, -0.05) is 18.7 Å². The maximum Gasteiger partial charge on any atom is 0.102 e. The number of benzene rings is 1. The number of hydrogen-bond acceptors (Lipinski definition) is 3. The fourth-order valence-electron chi connectivity index (χ4n) is 1.18. The lowest BCUT2D eigenvalue weighted by Gasteiger charge is -2.10. The quantitative estimate of drug-likeness (QED) is 0.636. The fourth-order valence-corrected chi connectivity index (χ4v) is 1.18. The molecular weight excluding hydrogens is 176 g/mol. The Morgan fingerprint density at radius 2 is 2.07 bits per heavy atom. The number of nitrogens with one attached hydrogen (secondary N) is 1. The van der Waals surface area contributed by atoms with Crippen LogP contribution in [-0.4, -0.2) is 18.2 Å². The number of nitrogens with two attached hydrogens (primary N) is 1. The second kappa shape index (κ2) is 4.67. The van der Waals surface area contributed by atoms with E-state index in [1.165, 1.54) is 0 Å². The van der Waals surface area contributed by atoms with Crippen molar-refractivity contribution in [2.45, 2.75) is 12.5 Å². The van der Waals surface area contributed by atoms with Crippen molar-refractivity contribution in [3.8, 4) is 0 Å². The van der Waals surface area contributed by atoms with E-state index in [4.69, 9.17) is 10.8 Å². The molecule has 0 fully saturated rings. The third kappa shape index (κ3) is 2.78. The SMILES string of the molecule is C=C(O)C(N)Cc1ccc(NC)cc1. The van der Waals surface area contributed by atoms with Crippen molar-refractivity contribution in [1.82, 2.24) is 0 Å². The van der Waals surface area contributed by atoms with Crippen LogP contribution in [0, 0.1) is 0 Å². The Balaban J connectivity index is 2.64. The Morgan fingerprint density at radius 1 is 1.50 bits per heavy atom. The largest absolute Gasteiger partial charge is 0.511 e. The van der Waals surface area contributed by atoms with Gasteiger partial charge in [0.15, 0.2) is 0 Å². The van der Waals surface area contributed by atoms with Gasteiger partial charge in [0, 0.05) is 12.7 Å². The molecule has 1 unspecified atom stereocenters. The average Bonchev–Trinajstić information content (AvgIpc) is 2.19. The van der Waals surface area contributed by atoms with Crippen molar-refractivity contribution >= 4 is 5.69 Å². The molecule has 0 spiro atoms. The van der Waals surface area contributed by atoms with E-state index in [0.29, 0.717) is 6.42 Å². The minimum absolute atomic E-state index is 0.0303. The molecule has 0 aliphatic carbocycles. The lowest BCUT2D eigenvalue weighted by molar-refractivity contribution is 0.368. The van der Waals surface area contributed by atoms with Crippen LogP contribution in [0.3, 0.4) is 0 Å². The van der Waals surface area contributed by atoms with Gasteiger partial charge in [0.1, 0.15) is 5.76 Å². The van der Waals surface area contributed by atoms with E-state index < -0.39 is 0 Å². The van der Waals surface area contributed by atoms with Gasteiger partial charge in [0.2, 0.25) is 0 Å². The van der Waals surface area contributed by atoms with Gasteiger partial charge < -0.3 is 16.2 Å². The van der Waals surface area contributed by atoms with Crippen molar-refractivity contribution < 1.29 is 5.11 Å². The highest BCUT2D eigenvalue weighted by Crippen LogP contribution is 2.11. The van der Waals surface area contributed by atoms with Crippen molar-refractivity contribution in [2.75, 3.05) is 12.4 Å². The Morgan fingerprint density at radius 3 is 2.50 bits per heavy atom. The normalized spacial score (nSPS) is 12.1. The molecule has 0 amide bonds. The van der Waals surface area contributed by atoms with Crippen LogP contribution in [-0.2, 0) is 6.42 Å². The molecule has 1 aromatic rings. The zero-order valence-electron chi connectivity index (χ0n) is 8.33. The topological polar surface area (TPSA) is 58.3 Å². The van der Waals surface area contributed by atoms with E-state index >= 15 is 0 Å². The van der Waals surface area contributed by atoms with Gasteiger partial charge in [-0.3, -0.25) is 0 Å². The standard InChI is InChI=1S/C11H16N2O/c1-8(14)11(12)7-9-3-5-10(13-2)6-4-9/h3-6,11,13-14H,1,7,12H2,2H3. The second-order valence-corrected chi connectivity index (χ2v) is 3.25. The predicted octanol–water partition coefficient (Wildman–Crippen LogP) is 1.67. The van der Waals surface area contributed by atoms with Crippen molar-refractivity contribution in [1.29, 1.82) is 0 Å². The van der Waals surface area contributed by atoms with Crippen molar-refractivity contribution in [3.63, 3.8) is 0 Å². The highest BCUT2D eigenvalue weighted by atomic mass is 16.3. The van der Waals surface area contributed by atoms with Crippen LogP contribution in [0.1, 0.15) is 5.56 Å². The number of hydrogen-bond donors (Lipinski definition) is 3. The summed E-state index contributed by atoms with van der Waals surface area (Å²) >= 11 is 0. The molecule has 0 radical (unpaired) electrons. The molecule has 0 bridgehead atoms. The van der Waals surface area contributed by atoms with Crippen LogP contribution in [0.15, 0.2) is 36.6 Å². The van der Waals surface area contributed by atoms with Gasteiger partial charge in [-0.2, -0.15) is 0 Å². The Bertz CT molecular complexity index is 306. The van der Waals surface area contributed by atoms with E-state index in [1.807, 2.05) is 31.3 Å². The maximum atomic E-state index is 9.05. The number of rotatable bonds is 4. The molecular formula is C11H16N2O. The molecule has 76 valence electrons. The first-order valence-electron chi connectivity index (χ1n) is 4.53. The number of anilines is 1. The lowest BCUT2D eigenvalue weighted by Crippen LogP contribution is -2.24. The van der Waals surface area contributed by atoms with Crippen LogP contribution in [0.2, 0.25) is 0 Å². The maximum absolute atomic E-state index is 9.05. The summed E-state index contributed by atoms with van der Waals surface area (Å²) in [4.78, 5) is 0. The van der Waals surface area contributed by atoms with Crippen molar-refractivity contribution in [2.24, 2.45) is 5.73 Å². The average molecular weight is 192 g/mol. The summed E-state index contributed by atoms with van der Waals surface area (Å²) in [5, 5.41) is 12.1. The highest BCUT2D eigenvalue weighted by Gasteiger charge is 2.06. The molecule has 4 N–H and O–H groups in total. The molecule has 0 saturated carbocycles. The minimum atomic E-state index is -0.379. The Labute approximate surface area is 84.3 Å². The predicted molar refractivity (Wildman–Crippen MR) is 59.4 cm³/mol. The summed E-state index contributed by atoms with van der Waals surface area (Å²) in [5.74, 6) is 0.0303. The van der Waals surface area contributed by atoms with Crippen molar-refractivity contribution in [3.05, 3.63) is 42.2 Å². The first kappa shape index (κ1) is 10.6. The molecule has 0 aliphatic heterocycles. The first-order valence-corrected chi connectivity index (χ1v) is 4.53. The molecule has 0 saturated heterocycles. The smallest absolute Gasteiger partial charge is 0.102 e. The summed E-state index contributed by atoms with van der Waals surface area (Å²) in [6, 6.07) is 7.53. The van der Waals surface area contributed by atoms with Gasteiger partial charge >= 0.3 is 0 Å². The van der Waals surface area contributed by atoms with Crippen LogP contribution in [0.25, 0.3) is 0 Å². The summed E-state index contributed by atoms with van der Waals surface area (Å²) in [6.07, 6.45) is 0.610. The highest BCUT2D eigenvalue weighted by molar-refractivity contribution is 5.44. The van der Waals surface area contributed by atoms with E-state index in [-0.39, 0.29) is 11.8 Å². The molecule has 0 heterocycles. The van der Waals surface area contributed by atoms with Gasteiger partial charge in [0.05, 0.1) is 6.04 Å². The molecule has 0 aromatic heterocycles. The lowest BCUT2D eigenvalue weighted by atomic mass is 10.1. The van der Waals surface area contributed by atoms with Gasteiger partial charge in [-0.05, 0) is 24.1 Å². The molecule has 3 heteroatoms. The van der Waals surface area contributed by atoms with Crippen LogP contribution in [0.5, 0.6) is 0 Å². The van der Waals surface area contributed by atoms with Gasteiger partial charge in [-0.25, -0.2) is 0 Å². The minimum Gasteiger partial charge on any atom is -0.511 e. The van der Waals surface area contributed by atoms with Crippen LogP contribution < -0.4 is 11.1 Å². The van der Waals surface area contributed by atoms with E-state index in [2.05, 4.69) is 11.9 Å². The van der Waals surface area contributed by atoms with E-state index in [1.54, 1.807) is 0 Å². The zero-order valence-corrected chi connectivity index (χ0v) is 8.33. The third-order valence-corrected chi connectivity index (χ3v) is 2.13. The number of aliphatic hydroxyl groups is 1. The molecule has 0 aliphatic rings. The molecule has 1 rings (SSSR count). The molecule has 3 nitrogen and oxygen atoms in total. The van der Waals surface area contributed by atoms with Gasteiger partial charge in [-0.15, -0.1) is 0 Å². The summed E-state index contributed by atoms with van der Waals surface area (Å²) in [6.45, 7) is 3.40. The second-order valence-electron chi connectivity index (χ2n) is 3.25. The monoisotopic (exact) mass is 192 g/mol. The molecule has 1 atom stereocenters. The molecule has 1 aromatic carbocycles. The van der Waals surface area contributed by atoms with Crippen LogP contribution in [0.4, 0.5) is 5.69 Å². The van der Waals surface area contributed by atoms with E-state index in [0.717, 1.165) is 11.3 Å². The zero-order chi connectivity index (χ0) is 10.6. The van der Waals surface area contributed by atoms with E-state index in [9.17, 15) is 0 Å².